The molecule has 2 aromatic rings. The van der Waals surface area contributed by atoms with Crippen molar-refractivity contribution < 1.29 is 14.3 Å². The molecule has 2 N–H and O–H groups in total. The Labute approximate surface area is 176 Å². The Morgan fingerprint density at radius 1 is 1.14 bits per heavy atom. The van der Waals surface area contributed by atoms with Crippen LogP contribution >= 0.6 is 11.8 Å². The summed E-state index contributed by atoms with van der Waals surface area (Å²) in [5.74, 6) is -0.560. The van der Waals surface area contributed by atoms with Crippen molar-refractivity contribution in [3.05, 3.63) is 42.2 Å². The number of benzene rings is 1. The van der Waals surface area contributed by atoms with Crippen LogP contribution in [0.5, 0.6) is 0 Å². The van der Waals surface area contributed by atoms with E-state index in [4.69, 9.17) is 4.74 Å². The number of carbonyl (C=O) groups is 2. The van der Waals surface area contributed by atoms with Crippen molar-refractivity contribution in [3.63, 3.8) is 0 Å². The van der Waals surface area contributed by atoms with E-state index < -0.39 is 23.6 Å². The fraction of sp³-hybridized carbons (Fsp3) is 0.429. The van der Waals surface area contributed by atoms with Crippen molar-refractivity contribution in [1.82, 2.24) is 15.3 Å². The van der Waals surface area contributed by atoms with Gasteiger partial charge in [-0.1, -0.05) is 13.8 Å². The standard InChI is InChI=1S/C21H28N4O3S/c1-13(2)17(18(26)28-21(4,5)6)25-19(27)24-16-9-8-15(12-14(16)3)29-20-22-10-7-11-23-20/h7-13,17H,1-6H3,(H2,24,25,27)/t17-/m0/s1. The minimum Gasteiger partial charge on any atom is -0.458 e. The largest absolute Gasteiger partial charge is 0.458 e. The Balaban J connectivity index is 2.02. The highest BCUT2D eigenvalue weighted by Crippen LogP contribution is 2.27. The Morgan fingerprint density at radius 2 is 1.79 bits per heavy atom. The van der Waals surface area contributed by atoms with Gasteiger partial charge >= 0.3 is 12.0 Å². The van der Waals surface area contributed by atoms with Gasteiger partial charge in [0.2, 0.25) is 0 Å². The number of hydrogen-bond donors (Lipinski definition) is 2. The first-order valence-electron chi connectivity index (χ1n) is 9.41. The molecule has 0 spiro atoms. The monoisotopic (exact) mass is 416 g/mol. The number of ether oxygens (including phenoxy) is 1. The summed E-state index contributed by atoms with van der Waals surface area (Å²) in [5.41, 5.74) is 0.932. The molecule has 1 atom stereocenters. The first kappa shape index (κ1) is 22.7. The fourth-order valence-electron chi connectivity index (χ4n) is 2.45. The molecule has 0 fully saturated rings. The van der Waals surface area contributed by atoms with Crippen molar-refractivity contribution in [2.75, 3.05) is 5.32 Å². The number of urea groups is 1. The van der Waals surface area contributed by atoms with Crippen molar-refractivity contribution >= 4 is 29.4 Å². The average Bonchev–Trinajstić information content (AvgIpc) is 2.61. The summed E-state index contributed by atoms with van der Waals surface area (Å²) in [7, 11) is 0. The Kier molecular flexibility index (Phi) is 7.61. The van der Waals surface area contributed by atoms with E-state index in [0.29, 0.717) is 10.8 Å². The highest BCUT2D eigenvalue weighted by molar-refractivity contribution is 7.99. The summed E-state index contributed by atoms with van der Waals surface area (Å²) in [6, 6.07) is 6.23. The molecule has 29 heavy (non-hydrogen) atoms. The molecule has 0 aliphatic heterocycles. The first-order chi connectivity index (χ1) is 13.5. The van der Waals surface area contributed by atoms with Crippen LogP contribution in [0, 0.1) is 12.8 Å². The molecule has 8 heteroatoms. The van der Waals surface area contributed by atoms with Gasteiger partial charge in [-0.15, -0.1) is 0 Å². The summed E-state index contributed by atoms with van der Waals surface area (Å²) in [6.07, 6.45) is 3.39. The van der Waals surface area contributed by atoms with Gasteiger partial charge in [0.05, 0.1) is 0 Å². The number of nitrogens with zero attached hydrogens (tertiary/aromatic N) is 2. The zero-order chi connectivity index (χ0) is 21.6. The van der Waals surface area contributed by atoms with Gasteiger partial charge in [-0.05, 0) is 75.2 Å². The van der Waals surface area contributed by atoms with Crippen LogP contribution in [0.25, 0.3) is 0 Å². The van der Waals surface area contributed by atoms with Crippen LogP contribution in [-0.2, 0) is 9.53 Å². The third kappa shape index (κ3) is 7.38. The molecular weight excluding hydrogens is 388 g/mol. The lowest BCUT2D eigenvalue weighted by molar-refractivity contribution is -0.158. The second-order valence-electron chi connectivity index (χ2n) is 7.96. The summed E-state index contributed by atoms with van der Waals surface area (Å²) in [5, 5.41) is 6.18. The Bertz CT molecular complexity index is 851. The van der Waals surface area contributed by atoms with Crippen molar-refractivity contribution in [1.29, 1.82) is 0 Å². The van der Waals surface area contributed by atoms with E-state index in [1.807, 2.05) is 39.0 Å². The summed E-state index contributed by atoms with van der Waals surface area (Å²) in [4.78, 5) is 34.2. The van der Waals surface area contributed by atoms with Gasteiger partial charge in [-0.25, -0.2) is 19.6 Å². The number of anilines is 1. The maximum absolute atomic E-state index is 12.5. The highest BCUT2D eigenvalue weighted by atomic mass is 32.2. The van der Waals surface area contributed by atoms with Crippen molar-refractivity contribution in [3.8, 4) is 0 Å². The Morgan fingerprint density at radius 3 is 2.34 bits per heavy atom. The van der Waals surface area contributed by atoms with Crippen LogP contribution in [0.15, 0.2) is 46.7 Å². The fourth-order valence-corrected chi connectivity index (χ4v) is 3.26. The van der Waals surface area contributed by atoms with Gasteiger partial charge in [0.1, 0.15) is 11.6 Å². The van der Waals surface area contributed by atoms with Crippen LogP contribution in [0.3, 0.4) is 0 Å². The second-order valence-corrected chi connectivity index (χ2v) is 9.00. The number of amides is 2. The second kappa shape index (κ2) is 9.73. The maximum Gasteiger partial charge on any atom is 0.329 e. The molecule has 1 heterocycles. The smallest absolute Gasteiger partial charge is 0.329 e. The number of carbonyl (C=O) groups excluding carboxylic acids is 2. The number of aryl methyl sites for hydroxylation is 1. The van der Waals surface area contributed by atoms with E-state index in [-0.39, 0.29) is 5.92 Å². The van der Waals surface area contributed by atoms with Gasteiger partial charge < -0.3 is 15.4 Å². The van der Waals surface area contributed by atoms with Gasteiger partial charge in [0.15, 0.2) is 5.16 Å². The molecule has 2 rings (SSSR count). The molecule has 0 unspecified atom stereocenters. The van der Waals surface area contributed by atoms with Gasteiger partial charge in [0.25, 0.3) is 0 Å². The molecular formula is C21H28N4O3S. The molecule has 0 saturated carbocycles. The number of hydrogen-bond acceptors (Lipinski definition) is 6. The SMILES string of the molecule is Cc1cc(Sc2ncccn2)ccc1NC(=O)N[C@H](C(=O)OC(C)(C)C)C(C)C. The predicted molar refractivity (Wildman–Crippen MR) is 114 cm³/mol. The highest BCUT2D eigenvalue weighted by Gasteiger charge is 2.29. The minimum atomic E-state index is -0.736. The molecule has 0 bridgehead atoms. The normalized spacial score (nSPS) is 12.4. The molecule has 0 saturated heterocycles. The molecule has 7 nitrogen and oxygen atoms in total. The van der Waals surface area contributed by atoms with Crippen LogP contribution in [0.1, 0.15) is 40.2 Å². The molecule has 1 aromatic heterocycles. The quantitative estimate of drug-likeness (QED) is 0.535. The third-order valence-electron chi connectivity index (χ3n) is 3.81. The topological polar surface area (TPSA) is 93.2 Å². The zero-order valence-electron chi connectivity index (χ0n) is 17.6. The van der Waals surface area contributed by atoms with Gasteiger partial charge in [-0.2, -0.15) is 0 Å². The van der Waals surface area contributed by atoms with Crippen LogP contribution in [0.2, 0.25) is 0 Å². The lowest BCUT2D eigenvalue weighted by atomic mass is 10.0. The van der Waals surface area contributed by atoms with E-state index in [9.17, 15) is 9.59 Å². The van der Waals surface area contributed by atoms with E-state index in [1.165, 1.54) is 11.8 Å². The van der Waals surface area contributed by atoms with E-state index in [1.54, 1.807) is 39.2 Å². The molecule has 0 aliphatic rings. The molecule has 2 amide bonds. The van der Waals surface area contributed by atoms with E-state index >= 15 is 0 Å². The van der Waals surface area contributed by atoms with Crippen LogP contribution in [-0.4, -0.2) is 33.6 Å². The number of aromatic nitrogens is 2. The zero-order valence-corrected chi connectivity index (χ0v) is 18.5. The average molecular weight is 417 g/mol. The van der Waals surface area contributed by atoms with Gasteiger partial charge in [0, 0.05) is 23.0 Å². The number of nitrogens with one attached hydrogen (secondary N) is 2. The molecule has 1 aromatic carbocycles. The van der Waals surface area contributed by atoms with E-state index in [2.05, 4.69) is 20.6 Å². The van der Waals surface area contributed by atoms with Crippen molar-refractivity contribution in [2.24, 2.45) is 5.92 Å². The van der Waals surface area contributed by atoms with Crippen LogP contribution < -0.4 is 10.6 Å². The molecule has 156 valence electrons. The first-order valence-corrected chi connectivity index (χ1v) is 10.2. The maximum atomic E-state index is 12.5. The predicted octanol–water partition coefficient (Wildman–Crippen LogP) is 4.42. The Hall–Kier alpha value is -2.61. The van der Waals surface area contributed by atoms with Crippen molar-refractivity contribution in [2.45, 2.75) is 63.2 Å². The molecule has 0 aliphatic carbocycles. The lowest BCUT2D eigenvalue weighted by Gasteiger charge is -2.26. The van der Waals surface area contributed by atoms with E-state index in [0.717, 1.165) is 10.5 Å². The summed E-state index contributed by atoms with van der Waals surface area (Å²) < 4.78 is 5.41. The van der Waals surface area contributed by atoms with Gasteiger partial charge in [-0.3, -0.25) is 0 Å². The number of rotatable bonds is 6. The van der Waals surface area contributed by atoms with Crippen LogP contribution in [0.4, 0.5) is 10.5 Å². The summed E-state index contributed by atoms with van der Waals surface area (Å²) >= 11 is 1.44. The minimum absolute atomic E-state index is 0.110. The summed E-state index contributed by atoms with van der Waals surface area (Å²) in [6.45, 7) is 11.0. The third-order valence-corrected chi connectivity index (χ3v) is 4.69. The lowest BCUT2D eigenvalue weighted by Crippen LogP contribution is -2.48. The molecule has 0 radical (unpaired) electrons. The number of esters is 1.